The van der Waals surface area contributed by atoms with Crippen LogP contribution in [0.4, 0.5) is 0 Å². The lowest BCUT2D eigenvalue weighted by Gasteiger charge is -2.21. The van der Waals surface area contributed by atoms with Crippen molar-refractivity contribution in [2.24, 2.45) is 0 Å². The molecule has 3 aromatic rings. The highest BCUT2D eigenvalue weighted by atomic mass is 79.9. The summed E-state index contributed by atoms with van der Waals surface area (Å²) < 4.78 is 12.1. The summed E-state index contributed by atoms with van der Waals surface area (Å²) in [6.45, 7) is 4.01. The molecule has 1 amide bonds. The molecule has 146 valence electrons. The minimum atomic E-state index is -0.620. The number of benzene rings is 2. The molecule has 28 heavy (non-hydrogen) atoms. The smallest absolute Gasteiger partial charge is 0.263 e. The number of rotatable bonds is 7. The first-order valence-corrected chi connectivity index (χ1v) is 9.85. The molecule has 2 aromatic carbocycles. The lowest BCUT2D eigenvalue weighted by atomic mass is 10.1. The van der Waals surface area contributed by atoms with Crippen molar-refractivity contribution in [2.45, 2.75) is 32.9 Å². The van der Waals surface area contributed by atoms with E-state index in [0.717, 1.165) is 27.8 Å². The van der Waals surface area contributed by atoms with Crippen LogP contribution in [-0.2, 0) is 17.8 Å². The second kappa shape index (κ2) is 9.01. The first-order chi connectivity index (χ1) is 13.5. The monoisotopic (exact) mass is 443 g/mol. The Labute approximate surface area is 172 Å². The van der Waals surface area contributed by atoms with Gasteiger partial charge in [0.2, 0.25) is 11.7 Å². The van der Waals surface area contributed by atoms with E-state index in [4.69, 9.17) is 9.26 Å². The van der Waals surface area contributed by atoms with Crippen molar-refractivity contribution in [1.29, 1.82) is 0 Å². The van der Waals surface area contributed by atoms with E-state index in [9.17, 15) is 4.79 Å². The van der Waals surface area contributed by atoms with Crippen molar-refractivity contribution >= 4 is 21.8 Å². The molecule has 0 saturated carbocycles. The van der Waals surface area contributed by atoms with Gasteiger partial charge in [-0.3, -0.25) is 4.79 Å². The summed E-state index contributed by atoms with van der Waals surface area (Å²) in [6, 6.07) is 15.4. The molecule has 7 heteroatoms. The zero-order chi connectivity index (χ0) is 20.1. The fraction of sp³-hybridized carbons (Fsp3) is 0.286. The predicted molar refractivity (Wildman–Crippen MR) is 110 cm³/mol. The van der Waals surface area contributed by atoms with E-state index in [1.807, 2.05) is 48.5 Å². The number of nitrogens with zero attached hydrogens (tertiary/aromatic N) is 3. The van der Waals surface area contributed by atoms with Gasteiger partial charge in [-0.25, -0.2) is 0 Å². The van der Waals surface area contributed by atoms with Crippen LogP contribution in [0.5, 0.6) is 5.75 Å². The Balaban J connectivity index is 1.64. The number of likely N-dealkylation sites (N-methyl/N-ethyl adjacent to an activating group) is 1. The Morgan fingerprint density at radius 2 is 2.04 bits per heavy atom. The van der Waals surface area contributed by atoms with E-state index in [2.05, 4.69) is 33.0 Å². The van der Waals surface area contributed by atoms with Gasteiger partial charge in [-0.05, 0) is 37.1 Å². The van der Waals surface area contributed by atoms with Crippen molar-refractivity contribution in [3.63, 3.8) is 0 Å². The van der Waals surface area contributed by atoms with Crippen LogP contribution >= 0.6 is 15.9 Å². The van der Waals surface area contributed by atoms with E-state index in [0.29, 0.717) is 11.7 Å². The molecule has 0 saturated heterocycles. The molecule has 0 radical (unpaired) electrons. The second-order valence-corrected chi connectivity index (χ2v) is 7.35. The summed E-state index contributed by atoms with van der Waals surface area (Å²) in [5, 5.41) is 4.00. The number of amides is 1. The molecule has 0 unspecified atom stereocenters. The van der Waals surface area contributed by atoms with Crippen LogP contribution in [0.25, 0.3) is 11.4 Å². The van der Waals surface area contributed by atoms with Crippen molar-refractivity contribution in [2.75, 3.05) is 7.05 Å². The topological polar surface area (TPSA) is 68.5 Å². The number of halogens is 1. The van der Waals surface area contributed by atoms with Crippen LogP contribution in [0.15, 0.2) is 57.5 Å². The second-order valence-electron chi connectivity index (χ2n) is 6.44. The molecule has 6 nitrogen and oxygen atoms in total. The van der Waals surface area contributed by atoms with Gasteiger partial charge in [0.05, 0.1) is 6.54 Å². The molecule has 3 rings (SSSR count). The van der Waals surface area contributed by atoms with Gasteiger partial charge in [0.15, 0.2) is 6.10 Å². The average molecular weight is 444 g/mol. The summed E-state index contributed by atoms with van der Waals surface area (Å²) in [4.78, 5) is 18.6. The Morgan fingerprint density at radius 3 is 2.79 bits per heavy atom. The fourth-order valence-corrected chi connectivity index (χ4v) is 3.21. The highest BCUT2D eigenvalue weighted by Crippen LogP contribution is 2.22. The molecule has 1 aromatic heterocycles. The lowest BCUT2D eigenvalue weighted by Crippen LogP contribution is -2.37. The zero-order valence-corrected chi connectivity index (χ0v) is 17.6. The third-order valence-corrected chi connectivity index (χ3v) is 4.80. The third kappa shape index (κ3) is 4.78. The number of hydrogen-bond acceptors (Lipinski definition) is 5. The number of aromatic nitrogens is 2. The van der Waals surface area contributed by atoms with Crippen LogP contribution in [0.3, 0.4) is 0 Å². The van der Waals surface area contributed by atoms with E-state index in [1.54, 1.807) is 14.0 Å². The average Bonchev–Trinajstić information content (AvgIpc) is 3.16. The lowest BCUT2D eigenvalue weighted by molar-refractivity contribution is -0.137. The Hall–Kier alpha value is -2.67. The van der Waals surface area contributed by atoms with Gasteiger partial charge in [-0.1, -0.05) is 58.3 Å². The third-order valence-electron chi connectivity index (χ3n) is 4.30. The Kier molecular flexibility index (Phi) is 6.46. The zero-order valence-electron chi connectivity index (χ0n) is 16.1. The van der Waals surface area contributed by atoms with Gasteiger partial charge >= 0.3 is 0 Å². The van der Waals surface area contributed by atoms with Gasteiger partial charge in [-0.2, -0.15) is 4.98 Å². The molecule has 0 aliphatic rings. The standard InChI is InChI=1S/C21H22BrN3O3/c1-4-15-8-5-6-11-18(15)27-14(2)21(26)25(3)13-19-23-20(24-28-19)16-9-7-10-17(22)12-16/h5-12,14H,4,13H2,1-3H3/t14-/m0/s1. The summed E-state index contributed by atoms with van der Waals surface area (Å²) in [6.07, 6.45) is 0.220. The summed E-state index contributed by atoms with van der Waals surface area (Å²) >= 11 is 3.43. The molecule has 0 N–H and O–H groups in total. The highest BCUT2D eigenvalue weighted by molar-refractivity contribution is 9.10. The van der Waals surface area contributed by atoms with E-state index >= 15 is 0 Å². The molecule has 0 fully saturated rings. The van der Waals surface area contributed by atoms with Crippen LogP contribution in [0.1, 0.15) is 25.3 Å². The largest absolute Gasteiger partial charge is 0.481 e. The fourth-order valence-electron chi connectivity index (χ4n) is 2.81. The Morgan fingerprint density at radius 1 is 1.25 bits per heavy atom. The van der Waals surface area contributed by atoms with Crippen molar-refractivity contribution in [1.82, 2.24) is 15.0 Å². The van der Waals surface area contributed by atoms with E-state index < -0.39 is 6.10 Å². The minimum Gasteiger partial charge on any atom is -0.481 e. The minimum absolute atomic E-state index is 0.159. The molecule has 1 heterocycles. The van der Waals surface area contributed by atoms with Crippen LogP contribution in [0, 0.1) is 0 Å². The first kappa shape index (κ1) is 20.1. The van der Waals surface area contributed by atoms with Gasteiger partial charge < -0.3 is 14.2 Å². The van der Waals surface area contributed by atoms with Gasteiger partial charge in [-0.15, -0.1) is 0 Å². The maximum absolute atomic E-state index is 12.7. The highest BCUT2D eigenvalue weighted by Gasteiger charge is 2.22. The number of hydrogen-bond donors (Lipinski definition) is 0. The summed E-state index contributed by atoms with van der Waals surface area (Å²) in [5.41, 5.74) is 1.91. The van der Waals surface area contributed by atoms with Crippen molar-refractivity contribution in [3.05, 3.63) is 64.5 Å². The summed E-state index contributed by atoms with van der Waals surface area (Å²) in [5.74, 6) is 1.42. The normalized spacial score (nSPS) is 11.9. The molecular weight excluding hydrogens is 422 g/mol. The quantitative estimate of drug-likeness (QED) is 0.537. The molecule has 0 spiro atoms. The van der Waals surface area contributed by atoms with Crippen molar-refractivity contribution < 1.29 is 14.1 Å². The van der Waals surface area contributed by atoms with Crippen LogP contribution in [0.2, 0.25) is 0 Å². The number of carbonyl (C=O) groups is 1. The van der Waals surface area contributed by atoms with Crippen LogP contribution < -0.4 is 4.74 Å². The molecule has 0 aliphatic carbocycles. The van der Waals surface area contributed by atoms with Crippen LogP contribution in [-0.4, -0.2) is 34.1 Å². The maximum Gasteiger partial charge on any atom is 0.263 e. The number of carbonyl (C=O) groups excluding carboxylic acids is 1. The summed E-state index contributed by atoms with van der Waals surface area (Å²) in [7, 11) is 1.69. The number of aryl methyl sites for hydroxylation is 1. The molecule has 0 bridgehead atoms. The Bertz CT molecular complexity index is 957. The SMILES string of the molecule is CCc1ccccc1O[C@@H](C)C(=O)N(C)Cc1nc(-c2cccc(Br)c2)no1. The van der Waals surface area contributed by atoms with E-state index in [1.165, 1.54) is 4.90 Å². The molecule has 1 atom stereocenters. The molecular formula is C21H22BrN3O3. The van der Waals surface area contributed by atoms with Crippen molar-refractivity contribution in [3.8, 4) is 17.1 Å². The van der Waals surface area contributed by atoms with E-state index in [-0.39, 0.29) is 12.5 Å². The van der Waals surface area contributed by atoms with Gasteiger partial charge in [0, 0.05) is 17.1 Å². The maximum atomic E-state index is 12.7. The number of para-hydroxylation sites is 1. The first-order valence-electron chi connectivity index (χ1n) is 9.06. The van der Waals surface area contributed by atoms with Gasteiger partial charge in [0.1, 0.15) is 5.75 Å². The number of ether oxygens (including phenoxy) is 1. The van der Waals surface area contributed by atoms with Gasteiger partial charge in [0.25, 0.3) is 5.91 Å². The predicted octanol–water partition coefficient (Wildman–Crippen LogP) is 4.49. The molecule has 0 aliphatic heterocycles.